The summed E-state index contributed by atoms with van der Waals surface area (Å²) in [5.74, 6) is 1.68. The summed E-state index contributed by atoms with van der Waals surface area (Å²) in [5, 5.41) is 17.9. The number of ether oxygens (including phenoxy) is 2. The molecule has 1 aromatic carbocycles. The van der Waals surface area contributed by atoms with Crippen LogP contribution in [0, 0.1) is 13.8 Å². The molecule has 27 heavy (non-hydrogen) atoms. The average molecular weight is 389 g/mol. The first kappa shape index (κ1) is 18.8. The van der Waals surface area contributed by atoms with Gasteiger partial charge >= 0.3 is 5.97 Å². The number of hydrogen-bond acceptors (Lipinski definition) is 7. The molecule has 1 N–H and O–H groups in total. The third-order valence-electron chi connectivity index (χ3n) is 3.97. The van der Waals surface area contributed by atoms with Crippen LogP contribution >= 0.6 is 11.8 Å². The second-order valence-electron chi connectivity index (χ2n) is 5.68. The number of thioether (sulfide) groups is 1. The van der Waals surface area contributed by atoms with Crippen LogP contribution < -0.4 is 9.47 Å². The van der Waals surface area contributed by atoms with Gasteiger partial charge in [-0.3, -0.25) is 9.36 Å². The van der Waals surface area contributed by atoms with Gasteiger partial charge in [-0.05, 0) is 37.6 Å². The highest BCUT2D eigenvalue weighted by Gasteiger charge is 2.25. The van der Waals surface area contributed by atoms with Crippen molar-refractivity contribution in [1.29, 1.82) is 0 Å². The Balaban J connectivity index is 2.26. The molecule has 0 saturated heterocycles. The molecule has 3 rings (SSSR count). The molecule has 0 aliphatic carbocycles. The molecule has 2 heterocycles. The smallest absolute Gasteiger partial charge is 0.313 e. The summed E-state index contributed by atoms with van der Waals surface area (Å²) in [6.07, 6.45) is 0. The Hall–Kier alpha value is -2.94. The summed E-state index contributed by atoms with van der Waals surface area (Å²) in [7, 11) is 3.10. The van der Waals surface area contributed by atoms with Crippen LogP contribution in [0.4, 0.5) is 0 Å². The van der Waals surface area contributed by atoms with Gasteiger partial charge in [-0.2, -0.15) is 0 Å². The molecule has 0 aliphatic heterocycles. The molecule has 0 unspecified atom stereocenters. The minimum absolute atomic E-state index is 0.161. The third kappa shape index (κ3) is 3.63. The number of nitrogens with zero attached hydrogens (tertiary/aromatic N) is 3. The topological polar surface area (TPSA) is 99.6 Å². The van der Waals surface area contributed by atoms with Crippen molar-refractivity contribution in [3.8, 4) is 28.8 Å². The molecule has 9 heteroatoms. The lowest BCUT2D eigenvalue weighted by Gasteiger charge is -2.16. The lowest BCUT2D eigenvalue weighted by molar-refractivity contribution is -0.133. The van der Waals surface area contributed by atoms with E-state index in [4.69, 9.17) is 19.0 Å². The fourth-order valence-electron chi connectivity index (χ4n) is 2.59. The van der Waals surface area contributed by atoms with Crippen molar-refractivity contribution in [2.24, 2.45) is 0 Å². The molecule has 142 valence electrons. The zero-order valence-electron chi connectivity index (χ0n) is 15.3. The van der Waals surface area contributed by atoms with Crippen LogP contribution in [0.15, 0.2) is 33.8 Å². The van der Waals surface area contributed by atoms with E-state index in [9.17, 15) is 4.79 Å². The van der Waals surface area contributed by atoms with Gasteiger partial charge in [-0.15, -0.1) is 10.2 Å². The maximum absolute atomic E-state index is 11.0. The van der Waals surface area contributed by atoms with E-state index in [1.807, 2.05) is 19.9 Å². The number of methoxy groups -OCH3 is 2. The van der Waals surface area contributed by atoms with Crippen LogP contribution in [0.1, 0.15) is 11.3 Å². The van der Waals surface area contributed by atoms with E-state index >= 15 is 0 Å². The highest BCUT2D eigenvalue weighted by Crippen LogP contribution is 2.38. The minimum atomic E-state index is -0.951. The fraction of sp³-hybridized carbons (Fsp3) is 0.278. The van der Waals surface area contributed by atoms with Crippen LogP contribution in [0.5, 0.6) is 11.5 Å². The van der Waals surface area contributed by atoms with Crippen LogP contribution in [-0.2, 0) is 4.79 Å². The highest BCUT2D eigenvalue weighted by atomic mass is 32.2. The van der Waals surface area contributed by atoms with Crippen molar-refractivity contribution < 1.29 is 23.8 Å². The summed E-state index contributed by atoms with van der Waals surface area (Å²) in [6.45, 7) is 3.80. The van der Waals surface area contributed by atoms with Gasteiger partial charge in [-0.25, -0.2) is 0 Å². The van der Waals surface area contributed by atoms with Gasteiger partial charge in [0, 0.05) is 0 Å². The highest BCUT2D eigenvalue weighted by molar-refractivity contribution is 7.99. The average Bonchev–Trinajstić information content (AvgIpc) is 3.22. The largest absolute Gasteiger partial charge is 0.494 e. The predicted molar refractivity (Wildman–Crippen MR) is 100.0 cm³/mol. The van der Waals surface area contributed by atoms with Gasteiger partial charge in [0.2, 0.25) is 5.82 Å². The van der Waals surface area contributed by atoms with Crippen LogP contribution in [0.3, 0.4) is 0 Å². The van der Waals surface area contributed by atoms with Gasteiger partial charge < -0.3 is 19.0 Å². The second-order valence-corrected chi connectivity index (χ2v) is 6.63. The Morgan fingerprint density at radius 3 is 2.41 bits per heavy atom. The lowest BCUT2D eigenvalue weighted by atomic mass is 10.2. The number of aromatic nitrogens is 3. The summed E-state index contributed by atoms with van der Waals surface area (Å²) in [5.41, 5.74) is 1.55. The molecule has 0 aliphatic rings. The Labute approximate surface area is 160 Å². The molecule has 8 nitrogen and oxygen atoms in total. The van der Waals surface area contributed by atoms with Gasteiger partial charge in [0.15, 0.2) is 10.9 Å². The normalized spacial score (nSPS) is 10.8. The molecule has 0 amide bonds. The van der Waals surface area contributed by atoms with Crippen molar-refractivity contribution in [1.82, 2.24) is 14.8 Å². The number of aliphatic carboxylic acids is 1. The number of hydrogen-bond donors (Lipinski definition) is 1. The Morgan fingerprint density at radius 1 is 1.22 bits per heavy atom. The quantitative estimate of drug-likeness (QED) is 0.614. The minimum Gasteiger partial charge on any atom is -0.494 e. The number of furan rings is 1. The number of para-hydroxylation sites is 1. The first-order chi connectivity index (χ1) is 13.0. The van der Waals surface area contributed by atoms with Crippen LogP contribution in [0.2, 0.25) is 0 Å². The maximum atomic E-state index is 11.0. The number of rotatable bonds is 7. The van der Waals surface area contributed by atoms with Crippen LogP contribution in [0.25, 0.3) is 17.3 Å². The predicted octanol–water partition coefficient (Wildman–Crippen LogP) is 3.34. The Morgan fingerprint density at radius 2 is 1.89 bits per heavy atom. The van der Waals surface area contributed by atoms with Crippen LogP contribution in [-0.4, -0.2) is 45.8 Å². The molecule has 0 saturated carbocycles. The van der Waals surface area contributed by atoms with Crippen molar-refractivity contribution in [3.05, 3.63) is 35.6 Å². The summed E-state index contributed by atoms with van der Waals surface area (Å²) < 4.78 is 18.5. The zero-order valence-corrected chi connectivity index (χ0v) is 16.2. The Bertz CT molecular complexity index is 938. The first-order valence-corrected chi connectivity index (χ1v) is 9.03. The third-order valence-corrected chi connectivity index (χ3v) is 4.88. The van der Waals surface area contributed by atoms with E-state index in [1.165, 1.54) is 0 Å². The summed E-state index contributed by atoms with van der Waals surface area (Å²) in [4.78, 5) is 11.0. The number of carbonyl (C=O) groups is 1. The molecule has 3 aromatic rings. The van der Waals surface area contributed by atoms with Crippen molar-refractivity contribution in [2.75, 3.05) is 20.0 Å². The molecule has 0 fully saturated rings. The number of aryl methyl sites for hydroxylation is 2. The molecular formula is C18H19N3O5S. The molecule has 2 aromatic heterocycles. The molecule has 0 radical (unpaired) electrons. The fourth-order valence-corrected chi connectivity index (χ4v) is 3.24. The van der Waals surface area contributed by atoms with E-state index in [0.717, 1.165) is 23.1 Å². The molecule has 0 atom stereocenters. The second kappa shape index (κ2) is 7.75. The standard InChI is InChI=1S/C18H19N3O5S/c1-10-8-14(26-11(10)2)17-19-20-18(27-9-15(22)23)21(17)16-12(24-3)6-5-7-13(16)25-4/h5-8H,9H2,1-4H3,(H,22,23). The Kier molecular flexibility index (Phi) is 5.41. The van der Waals surface area contributed by atoms with Crippen molar-refractivity contribution in [2.45, 2.75) is 19.0 Å². The first-order valence-electron chi connectivity index (χ1n) is 8.05. The molecule has 0 spiro atoms. The van der Waals surface area contributed by atoms with E-state index in [0.29, 0.717) is 33.9 Å². The summed E-state index contributed by atoms with van der Waals surface area (Å²) in [6, 6.07) is 7.23. The SMILES string of the molecule is COc1cccc(OC)c1-n1c(SCC(=O)O)nnc1-c1cc(C)c(C)o1. The van der Waals surface area contributed by atoms with Gasteiger partial charge in [-0.1, -0.05) is 17.8 Å². The molecule has 0 bridgehead atoms. The van der Waals surface area contributed by atoms with Crippen molar-refractivity contribution in [3.63, 3.8) is 0 Å². The number of carboxylic acid groups (broad SMARTS) is 1. The van der Waals surface area contributed by atoms with E-state index in [2.05, 4.69) is 10.2 Å². The van der Waals surface area contributed by atoms with E-state index < -0.39 is 5.97 Å². The molecular weight excluding hydrogens is 370 g/mol. The zero-order chi connectivity index (χ0) is 19.6. The summed E-state index contributed by atoms with van der Waals surface area (Å²) >= 11 is 1.05. The van der Waals surface area contributed by atoms with Gasteiger partial charge in [0.25, 0.3) is 0 Å². The lowest BCUT2D eigenvalue weighted by Crippen LogP contribution is -2.06. The maximum Gasteiger partial charge on any atom is 0.313 e. The van der Waals surface area contributed by atoms with E-state index in [-0.39, 0.29) is 5.75 Å². The monoisotopic (exact) mass is 389 g/mol. The number of benzene rings is 1. The number of carboxylic acids is 1. The van der Waals surface area contributed by atoms with E-state index in [1.54, 1.807) is 37.0 Å². The van der Waals surface area contributed by atoms with Gasteiger partial charge in [0.05, 0.1) is 20.0 Å². The van der Waals surface area contributed by atoms with Gasteiger partial charge in [0.1, 0.15) is 22.9 Å². The van der Waals surface area contributed by atoms with Crippen molar-refractivity contribution >= 4 is 17.7 Å².